The Kier molecular flexibility index (Phi) is 3.29. The molecule has 0 radical (unpaired) electrons. The van der Waals surface area contributed by atoms with Crippen LogP contribution in [-0.2, 0) is 0 Å². The van der Waals surface area contributed by atoms with Crippen LogP contribution >= 0.6 is 0 Å². The molecule has 0 aliphatic carbocycles. The van der Waals surface area contributed by atoms with E-state index in [0.717, 1.165) is 17.7 Å². The van der Waals surface area contributed by atoms with Crippen LogP contribution in [0.15, 0.2) is 65.4 Å². The number of rotatable bonds is 4. The van der Waals surface area contributed by atoms with Gasteiger partial charge in [0, 0.05) is 18.0 Å². The Hall–Kier alpha value is -2.88. The third-order valence-electron chi connectivity index (χ3n) is 2.87. The van der Waals surface area contributed by atoms with Gasteiger partial charge in [0.1, 0.15) is 17.7 Å². The van der Waals surface area contributed by atoms with Crippen LogP contribution in [0.5, 0.6) is 5.75 Å². The highest BCUT2D eigenvalue weighted by Gasteiger charge is 2.12. The number of ether oxygens (including phenoxy) is 1. The molecule has 0 saturated carbocycles. The van der Waals surface area contributed by atoms with Gasteiger partial charge in [0.25, 0.3) is 0 Å². The average Bonchev–Trinajstić information content (AvgIpc) is 3.19. The molecule has 1 aliphatic heterocycles. The monoisotopic (exact) mass is 264 g/mol. The first-order chi connectivity index (χ1) is 9.86. The first kappa shape index (κ1) is 12.2. The van der Waals surface area contributed by atoms with Crippen molar-refractivity contribution in [3.8, 4) is 5.75 Å². The zero-order valence-corrected chi connectivity index (χ0v) is 10.6. The van der Waals surface area contributed by atoms with E-state index in [2.05, 4.69) is 9.98 Å². The summed E-state index contributed by atoms with van der Waals surface area (Å²) in [5.41, 5.74) is 2.22. The molecule has 2 aromatic rings. The molecular weight excluding hydrogens is 252 g/mol. The second-order valence-electron chi connectivity index (χ2n) is 4.22. The predicted octanol–water partition coefficient (Wildman–Crippen LogP) is 3.22. The lowest BCUT2D eigenvalue weighted by Gasteiger charge is -2.10. The van der Waals surface area contributed by atoms with Crippen LogP contribution in [0.4, 0.5) is 0 Å². The third-order valence-corrected chi connectivity index (χ3v) is 2.87. The molecule has 4 nitrogen and oxygen atoms in total. The fourth-order valence-corrected chi connectivity index (χ4v) is 1.88. The van der Waals surface area contributed by atoms with E-state index in [0.29, 0.717) is 17.1 Å². The zero-order valence-electron chi connectivity index (χ0n) is 10.6. The Morgan fingerprint density at radius 1 is 1.20 bits per heavy atom. The lowest BCUT2D eigenvalue weighted by Crippen LogP contribution is -1.98. The number of nitrogens with one attached hydrogen (secondary N) is 1. The van der Waals surface area contributed by atoms with Crippen LogP contribution < -0.4 is 4.74 Å². The highest BCUT2D eigenvalue weighted by Crippen LogP contribution is 2.25. The predicted molar refractivity (Wildman–Crippen MR) is 77.8 cm³/mol. The van der Waals surface area contributed by atoms with Crippen molar-refractivity contribution in [2.75, 3.05) is 0 Å². The van der Waals surface area contributed by atoms with Gasteiger partial charge < -0.3 is 9.72 Å². The van der Waals surface area contributed by atoms with E-state index >= 15 is 0 Å². The number of allylic oxidation sites excluding steroid dienone is 2. The Labute approximate surface area is 116 Å². The number of carbonyl (C=O) groups is 1. The molecule has 0 saturated heterocycles. The molecule has 20 heavy (non-hydrogen) atoms. The number of aldehydes is 1. The normalized spacial score (nSPS) is 15.4. The molecular formula is C16H12N2O2. The first-order valence-electron chi connectivity index (χ1n) is 6.19. The van der Waals surface area contributed by atoms with Crippen LogP contribution in [0.3, 0.4) is 0 Å². The quantitative estimate of drug-likeness (QED) is 0.681. The van der Waals surface area contributed by atoms with E-state index in [4.69, 9.17) is 4.74 Å². The van der Waals surface area contributed by atoms with Gasteiger partial charge in [-0.15, -0.1) is 0 Å². The Morgan fingerprint density at radius 3 is 2.65 bits per heavy atom. The molecule has 0 spiro atoms. The summed E-state index contributed by atoms with van der Waals surface area (Å²) in [4.78, 5) is 18.0. The average molecular weight is 264 g/mol. The highest BCUT2D eigenvalue weighted by molar-refractivity contribution is 5.81. The van der Waals surface area contributed by atoms with Gasteiger partial charge in [-0.05, 0) is 48.6 Å². The summed E-state index contributed by atoms with van der Waals surface area (Å²) >= 11 is 0. The molecule has 0 atom stereocenters. The summed E-state index contributed by atoms with van der Waals surface area (Å²) in [7, 11) is 0. The minimum absolute atomic E-state index is 0.616. The SMILES string of the molecule is O=Cc1ccc(O/C(=C2/C=CC=N2)c2ccc[nH]2)cc1. The van der Waals surface area contributed by atoms with E-state index < -0.39 is 0 Å². The van der Waals surface area contributed by atoms with Crippen molar-refractivity contribution < 1.29 is 9.53 Å². The van der Waals surface area contributed by atoms with E-state index in [-0.39, 0.29) is 0 Å². The molecule has 98 valence electrons. The number of aromatic amines is 1. The maximum absolute atomic E-state index is 10.7. The smallest absolute Gasteiger partial charge is 0.176 e. The lowest BCUT2D eigenvalue weighted by molar-refractivity contribution is 0.112. The van der Waals surface area contributed by atoms with Crippen molar-refractivity contribution in [1.82, 2.24) is 4.98 Å². The van der Waals surface area contributed by atoms with Gasteiger partial charge in [-0.2, -0.15) is 0 Å². The van der Waals surface area contributed by atoms with Gasteiger partial charge in [-0.1, -0.05) is 0 Å². The Morgan fingerprint density at radius 2 is 2.05 bits per heavy atom. The second-order valence-corrected chi connectivity index (χ2v) is 4.22. The van der Waals surface area contributed by atoms with Crippen molar-refractivity contribution in [1.29, 1.82) is 0 Å². The van der Waals surface area contributed by atoms with E-state index in [1.807, 2.05) is 30.5 Å². The Balaban J connectivity index is 1.95. The molecule has 2 heterocycles. The van der Waals surface area contributed by atoms with Crippen LogP contribution in [0.25, 0.3) is 5.76 Å². The molecule has 4 heteroatoms. The van der Waals surface area contributed by atoms with Crippen LogP contribution in [-0.4, -0.2) is 17.5 Å². The molecule has 1 aromatic carbocycles. The van der Waals surface area contributed by atoms with Gasteiger partial charge >= 0.3 is 0 Å². The van der Waals surface area contributed by atoms with E-state index in [1.54, 1.807) is 30.5 Å². The minimum atomic E-state index is 0.616. The summed E-state index contributed by atoms with van der Waals surface area (Å²) in [5.74, 6) is 1.31. The Bertz CT molecular complexity index is 679. The number of H-pyrrole nitrogens is 1. The molecule has 0 unspecified atom stereocenters. The molecule has 1 aromatic heterocycles. The van der Waals surface area contributed by atoms with E-state index in [1.165, 1.54) is 0 Å². The number of aromatic nitrogens is 1. The van der Waals surface area contributed by atoms with Gasteiger partial charge in [-0.3, -0.25) is 9.79 Å². The molecule has 1 N–H and O–H groups in total. The fourth-order valence-electron chi connectivity index (χ4n) is 1.88. The van der Waals surface area contributed by atoms with Gasteiger partial charge in [0.2, 0.25) is 0 Å². The van der Waals surface area contributed by atoms with Crippen LogP contribution in [0.1, 0.15) is 16.1 Å². The molecule has 0 amide bonds. The van der Waals surface area contributed by atoms with E-state index in [9.17, 15) is 4.79 Å². The van der Waals surface area contributed by atoms with Crippen LogP contribution in [0.2, 0.25) is 0 Å². The second kappa shape index (κ2) is 5.40. The third kappa shape index (κ3) is 2.44. The van der Waals surface area contributed by atoms with Crippen molar-refractivity contribution >= 4 is 18.3 Å². The maximum atomic E-state index is 10.7. The van der Waals surface area contributed by atoms with Gasteiger partial charge in [0.15, 0.2) is 5.76 Å². The highest BCUT2D eigenvalue weighted by atomic mass is 16.5. The zero-order chi connectivity index (χ0) is 13.8. The summed E-state index contributed by atoms with van der Waals surface area (Å²) in [5, 5.41) is 0. The summed E-state index contributed by atoms with van der Waals surface area (Å²) < 4.78 is 5.91. The van der Waals surface area contributed by atoms with Crippen molar-refractivity contribution in [2.45, 2.75) is 0 Å². The van der Waals surface area contributed by atoms with Gasteiger partial charge in [0.05, 0.1) is 5.69 Å². The number of hydrogen-bond acceptors (Lipinski definition) is 3. The summed E-state index contributed by atoms with van der Waals surface area (Å²) in [6.45, 7) is 0. The fraction of sp³-hybridized carbons (Fsp3) is 0. The first-order valence-corrected chi connectivity index (χ1v) is 6.19. The number of nitrogens with zero attached hydrogens (tertiary/aromatic N) is 1. The number of hydrogen-bond donors (Lipinski definition) is 1. The number of aliphatic imine (C=N–C) groups is 1. The van der Waals surface area contributed by atoms with Crippen molar-refractivity contribution in [3.05, 3.63) is 71.7 Å². The van der Waals surface area contributed by atoms with Gasteiger partial charge in [-0.25, -0.2) is 0 Å². The molecule has 0 fully saturated rings. The number of carbonyl (C=O) groups excluding carboxylic acids is 1. The molecule has 1 aliphatic rings. The number of benzene rings is 1. The van der Waals surface area contributed by atoms with Crippen molar-refractivity contribution in [3.63, 3.8) is 0 Å². The maximum Gasteiger partial charge on any atom is 0.176 e. The standard InChI is InChI=1S/C16H12N2O2/c19-11-12-5-7-13(8-6-12)20-16(14-3-1-9-17-14)15-4-2-10-18-15/h1-11,17H/b16-15-. The molecule has 3 rings (SSSR count). The largest absolute Gasteiger partial charge is 0.453 e. The van der Waals surface area contributed by atoms with Crippen molar-refractivity contribution in [2.24, 2.45) is 4.99 Å². The van der Waals surface area contributed by atoms with Crippen LogP contribution in [0, 0.1) is 0 Å². The summed E-state index contributed by atoms with van der Waals surface area (Å²) in [6.07, 6.45) is 8.10. The lowest BCUT2D eigenvalue weighted by atomic mass is 10.2. The minimum Gasteiger partial charge on any atom is -0.453 e. The summed E-state index contributed by atoms with van der Waals surface area (Å²) in [6, 6.07) is 10.8. The topological polar surface area (TPSA) is 54.4 Å². The molecule has 0 bridgehead atoms.